The average Bonchev–Trinajstić information content (AvgIpc) is 2.19. The average molecular weight is 193 g/mol. The maximum absolute atomic E-state index is 10.7. The van der Waals surface area contributed by atoms with E-state index < -0.39 is 0 Å². The first-order valence-corrected chi connectivity index (χ1v) is 4.59. The summed E-state index contributed by atoms with van der Waals surface area (Å²) in [5.74, 6) is -0.399. The molecule has 0 saturated heterocycles. The Bertz CT molecular complexity index is 287. The first-order chi connectivity index (χ1) is 6.70. The van der Waals surface area contributed by atoms with Crippen molar-refractivity contribution in [2.24, 2.45) is 11.7 Å². The normalized spacial score (nSPS) is 12.4. The van der Waals surface area contributed by atoms with E-state index in [-0.39, 0.29) is 11.8 Å². The van der Waals surface area contributed by atoms with E-state index in [0.717, 1.165) is 12.1 Å². The second-order valence-electron chi connectivity index (χ2n) is 3.29. The lowest BCUT2D eigenvalue weighted by Crippen LogP contribution is -2.30. The predicted molar refractivity (Wildman–Crippen MR) is 54.3 cm³/mol. The molecule has 1 aromatic heterocycles. The summed E-state index contributed by atoms with van der Waals surface area (Å²) in [4.78, 5) is 14.6. The minimum Gasteiger partial charge on any atom is -0.369 e. The molecular weight excluding hydrogens is 178 g/mol. The lowest BCUT2D eigenvalue weighted by atomic mass is 10.1. The van der Waals surface area contributed by atoms with Crippen LogP contribution in [0.3, 0.4) is 0 Å². The highest BCUT2D eigenvalue weighted by molar-refractivity contribution is 5.76. The fourth-order valence-electron chi connectivity index (χ4n) is 1.03. The van der Waals surface area contributed by atoms with Crippen LogP contribution in [0.4, 0.5) is 0 Å². The first-order valence-electron chi connectivity index (χ1n) is 4.59. The summed E-state index contributed by atoms with van der Waals surface area (Å²) in [5.41, 5.74) is 6.28. The van der Waals surface area contributed by atoms with Crippen LogP contribution < -0.4 is 11.1 Å². The van der Waals surface area contributed by atoms with Gasteiger partial charge in [-0.2, -0.15) is 0 Å². The fourth-order valence-corrected chi connectivity index (χ4v) is 1.03. The second kappa shape index (κ2) is 5.34. The van der Waals surface area contributed by atoms with Gasteiger partial charge in [0.05, 0.1) is 0 Å². The number of amides is 1. The van der Waals surface area contributed by atoms with Crippen LogP contribution in [0, 0.1) is 5.92 Å². The van der Waals surface area contributed by atoms with E-state index in [4.69, 9.17) is 5.73 Å². The topological polar surface area (TPSA) is 68.0 Å². The lowest BCUT2D eigenvalue weighted by molar-refractivity contribution is -0.121. The molecule has 0 aliphatic heterocycles. The third-order valence-electron chi connectivity index (χ3n) is 2.01. The van der Waals surface area contributed by atoms with Gasteiger partial charge < -0.3 is 11.1 Å². The largest absolute Gasteiger partial charge is 0.369 e. The molecular formula is C10H15N3O. The Labute approximate surface area is 83.5 Å². The molecule has 0 spiro atoms. The highest BCUT2D eigenvalue weighted by Crippen LogP contribution is 1.96. The number of hydrogen-bond acceptors (Lipinski definition) is 3. The van der Waals surface area contributed by atoms with Gasteiger partial charge in [-0.25, -0.2) is 0 Å². The molecule has 3 N–H and O–H groups in total. The Morgan fingerprint density at radius 3 is 2.79 bits per heavy atom. The van der Waals surface area contributed by atoms with Gasteiger partial charge in [0.15, 0.2) is 0 Å². The SMILES string of the molecule is CC(CNCc1ccncc1)C(N)=O. The fraction of sp³-hybridized carbons (Fsp3) is 0.400. The maximum Gasteiger partial charge on any atom is 0.221 e. The summed E-state index contributed by atoms with van der Waals surface area (Å²) >= 11 is 0. The number of aromatic nitrogens is 1. The molecule has 0 saturated carbocycles. The minimum absolute atomic E-state index is 0.128. The van der Waals surface area contributed by atoms with E-state index >= 15 is 0 Å². The van der Waals surface area contributed by atoms with Gasteiger partial charge in [-0.1, -0.05) is 6.92 Å². The van der Waals surface area contributed by atoms with Crippen molar-refractivity contribution in [3.8, 4) is 0 Å². The number of carbonyl (C=O) groups is 1. The van der Waals surface area contributed by atoms with Crippen molar-refractivity contribution in [3.05, 3.63) is 30.1 Å². The predicted octanol–water partition coefficient (Wildman–Crippen LogP) is 0.293. The number of pyridine rings is 1. The van der Waals surface area contributed by atoms with Crippen molar-refractivity contribution in [2.45, 2.75) is 13.5 Å². The summed E-state index contributed by atoms with van der Waals surface area (Å²) < 4.78 is 0. The van der Waals surface area contributed by atoms with Gasteiger partial charge in [0.25, 0.3) is 0 Å². The molecule has 1 atom stereocenters. The molecule has 1 aromatic rings. The number of rotatable bonds is 5. The molecule has 4 nitrogen and oxygen atoms in total. The molecule has 0 radical (unpaired) electrons. The Morgan fingerprint density at radius 2 is 2.21 bits per heavy atom. The molecule has 0 fully saturated rings. The molecule has 76 valence electrons. The van der Waals surface area contributed by atoms with Crippen LogP contribution in [-0.2, 0) is 11.3 Å². The molecule has 0 aliphatic carbocycles. The number of nitrogens with two attached hydrogens (primary N) is 1. The summed E-state index contributed by atoms with van der Waals surface area (Å²) in [7, 11) is 0. The number of nitrogens with one attached hydrogen (secondary N) is 1. The van der Waals surface area contributed by atoms with E-state index in [1.54, 1.807) is 12.4 Å². The van der Waals surface area contributed by atoms with Crippen molar-refractivity contribution in [1.82, 2.24) is 10.3 Å². The Morgan fingerprint density at radius 1 is 1.57 bits per heavy atom. The van der Waals surface area contributed by atoms with E-state index in [2.05, 4.69) is 10.3 Å². The standard InChI is InChI=1S/C10H15N3O/c1-8(10(11)14)6-13-7-9-2-4-12-5-3-9/h2-5,8,13H,6-7H2,1H3,(H2,11,14). The zero-order valence-electron chi connectivity index (χ0n) is 8.23. The third kappa shape index (κ3) is 3.53. The van der Waals surface area contributed by atoms with E-state index in [1.165, 1.54) is 0 Å². The van der Waals surface area contributed by atoms with Crippen LogP contribution in [0.25, 0.3) is 0 Å². The zero-order chi connectivity index (χ0) is 10.4. The number of nitrogens with zero attached hydrogens (tertiary/aromatic N) is 1. The highest BCUT2D eigenvalue weighted by atomic mass is 16.1. The van der Waals surface area contributed by atoms with Crippen molar-refractivity contribution in [1.29, 1.82) is 0 Å². The van der Waals surface area contributed by atoms with Gasteiger partial charge in [0.1, 0.15) is 0 Å². The van der Waals surface area contributed by atoms with Crippen LogP contribution in [-0.4, -0.2) is 17.4 Å². The molecule has 1 rings (SSSR count). The number of hydrogen-bond donors (Lipinski definition) is 2. The smallest absolute Gasteiger partial charge is 0.221 e. The summed E-state index contributed by atoms with van der Waals surface area (Å²) in [6.45, 7) is 3.15. The van der Waals surface area contributed by atoms with Gasteiger partial charge in [-0.15, -0.1) is 0 Å². The van der Waals surface area contributed by atoms with Crippen molar-refractivity contribution in [3.63, 3.8) is 0 Å². The van der Waals surface area contributed by atoms with Gasteiger partial charge in [-0.3, -0.25) is 9.78 Å². The molecule has 14 heavy (non-hydrogen) atoms. The number of primary amides is 1. The summed E-state index contributed by atoms with van der Waals surface area (Å²) in [6.07, 6.45) is 3.49. The van der Waals surface area contributed by atoms with Gasteiger partial charge >= 0.3 is 0 Å². The lowest BCUT2D eigenvalue weighted by Gasteiger charge is -2.08. The van der Waals surface area contributed by atoms with E-state index in [9.17, 15) is 4.79 Å². The highest BCUT2D eigenvalue weighted by Gasteiger charge is 2.06. The zero-order valence-corrected chi connectivity index (χ0v) is 8.23. The van der Waals surface area contributed by atoms with Crippen LogP contribution in [0.15, 0.2) is 24.5 Å². The van der Waals surface area contributed by atoms with Crippen LogP contribution in [0.5, 0.6) is 0 Å². The van der Waals surface area contributed by atoms with Gasteiger partial charge in [-0.05, 0) is 17.7 Å². The molecule has 1 heterocycles. The number of carbonyl (C=O) groups excluding carboxylic acids is 1. The van der Waals surface area contributed by atoms with Crippen LogP contribution in [0.1, 0.15) is 12.5 Å². The van der Waals surface area contributed by atoms with Crippen molar-refractivity contribution >= 4 is 5.91 Å². The molecule has 1 amide bonds. The molecule has 0 bridgehead atoms. The minimum atomic E-state index is -0.271. The third-order valence-corrected chi connectivity index (χ3v) is 2.01. The maximum atomic E-state index is 10.7. The molecule has 0 aromatic carbocycles. The van der Waals surface area contributed by atoms with E-state index in [0.29, 0.717) is 6.54 Å². The van der Waals surface area contributed by atoms with Crippen molar-refractivity contribution in [2.75, 3.05) is 6.54 Å². The van der Waals surface area contributed by atoms with Crippen LogP contribution in [0.2, 0.25) is 0 Å². The summed E-state index contributed by atoms with van der Waals surface area (Å²) in [5, 5.41) is 3.15. The summed E-state index contributed by atoms with van der Waals surface area (Å²) in [6, 6.07) is 3.86. The first kappa shape index (κ1) is 10.7. The van der Waals surface area contributed by atoms with Gasteiger partial charge in [0.2, 0.25) is 5.91 Å². The quantitative estimate of drug-likeness (QED) is 0.706. The Balaban J connectivity index is 2.26. The van der Waals surface area contributed by atoms with Gasteiger partial charge in [0, 0.05) is 31.4 Å². The Hall–Kier alpha value is -1.42. The molecule has 0 aliphatic rings. The van der Waals surface area contributed by atoms with Crippen LogP contribution >= 0.6 is 0 Å². The monoisotopic (exact) mass is 193 g/mol. The second-order valence-corrected chi connectivity index (χ2v) is 3.29. The van der Waals surface area contributed by atoms with Crippen molar-refractivity contribution < 1.29 is 4.79 Å². The Kier molecular flexibility index (Phi) is 4.07. The van der Waals surface area contributed by atoms with E-state index in [1.807, 2.05) is 19.1 Å². The molecule has 1 unspecified atom stereocenters. The molecule has 4 heteroatoms.